The lowest BCUT2D eigenvalue weighted by atomic mass is 10.2. The van der Waals surface area contributed by atoms with E-state index in [1.807, 2.05) is 0 Å². The van der Waals surface area contributed by atoms with E-state index in [0.29, 0.717) is 23.8 Å². The first kappa shape index (κ1) is 23.2. The quantitative estimate of drug-likeness (QED) is 0.399. The lowest BCUT2D eigenvalue weighted by Crippen LogP contribution is -2.28. The van der Waals surface area contributed by atoms with Gasteiger partial charge >= 0.3 is 12.4 Å². The minimum absolute atomic E-state index is 0.315. The second kappa shape index (κ2) is 8.07. The van der Waals surface area contributed by atoms with Crippen molar-refractivity contribution in [2.24, 2.45) is 14.1 Å². The molecule has 27 heavy (non-hydrogen) atoms. The second-order valence-electron chi connectivity index (χ2n) is 5.70. The average molecular weight is 508 g/mol. The molecule has 2 aromatic rings. The van der Waals surface area contributed by atoms with Crippen molar-refractivity contribution in [3.8, 4) is 0 Å². The van der Waals surface area contributed by atoms with E-state index in [4.69, 9.17) is 0 Å². The monoisotopic (exact) mass is 508 g/mol. The van der Waals surface area contributed by atoms with Gasteiger partial charge in [-0.1, -0.05) is 0 Å². The highest BCUT2D eigenvalue weighted by Crippen LogP contribution is 2.29. The Morgan fingerprint density at radius 3 is 1.70 bits per heavy atom. The molecule has 0 aliphatic carbocycles. The molecule has 4 nitrogen and oxygen atoms in total. The average Bonchev–Trinajstić information content (AvgIpc) is 2.50. The largest absolute Gasteiger partial charge is 0.431 e. The van der Waals surface area contributed by atoms with Gasteiger partial charge in [-0.05, 0) is 59.7 Å². The molecule has 0 aliphatic rings. The van der Waals surface area contributed by atoms with E-state index in [2.05, 4.69) is 0 Å². The Balaban J connectivity index is 0.000000271. The van der Waals surface area contributed by atoms with E-state index >= 15 is 0 Å². The van der Waals surface area contributed by atoms with Gasteiger partial charge in [-0.3, -0.25) is 9.59 Å². The van der Waals surface area contributed by atoms with Gasteiger partial charge in [0.1, 0.15) is 11.4 Å². The fourth-order valence-electron chi connectivity index (χ4n) is 2.10. The van der Waals surface area contributed by atoms with Gasteiger partial charge < -0.3 is 9.13 Å². The molecule has 0 atom stereocenters. The van der Waals surface area contributed by atoms with Crippen LogP contribution in [0.4, 0.5) is 26.3 Å². The third-order valence-electron chi connectivity index (χ3n) is 3.54. The second-order valence-corrected chi connectivity index (χ2v) is 6.78. The summed E-state index contributed by atoms with van der Waals surface area (Å²) in [5, 5.41) is 0. The molecule has 2 aromatic heterocycles. The molecule has 0 spiro atoms. The van der Waals surface area contributed by atoms with Gasteiger partial charge in [-0.15, -0.1) is 0 Å². The zero-order valence-electron chi connectivity index (χ0n) is 14.6. The van der Waals surface area contributed by atoms with Crippen LogP contribution in [0.5, 0.6) is 0 Å². The van der Waals surface area contributed by atoms with Crippen LogP contribution in [0.3, 0.4) is 0 Å². The highest BCUT2D eigenvalue weighted by Gasteiger charge is 2.34. The van der Waals surface area contributed by atoms with Crippen LogP contribution in [-0.4, -0.2) is 9.13 Å². The molecule has 0 saturated heterocycles. The summed E-state index contributed by atoms with van der Waals surface area (Å²) in [6.07, 6.45) is -8.96. The third kappa shape index (κ3) is 5.59. The minimum Gasteiger partial charge on any atom is -0.308 e. The maximum atomic E-state index is 12.4. The Hall–Kier alpha value is -1.79. The number of aryl methyl sites for hydroxylation is 2. The SMILES string of the molecule is Cc1cc(C(F)(F)F)n(C)c(=O)c1.Cc1cc(C(F)(F)F)n(C)c(=O)c1I. The fraction of sp³-hybridized carbons (Fsp3) is 0.375. The van der Waals surface area contributed by atoms with Crippen molar-refractivity contribution in [1.29, 1.82) is 0 Å². The predicted molar refractivity (Wildman–Crippen MR) is 95.6 cm³/mol. The van der Waals surface area contributed by atoms with Crippen LogP contribution in [0.25, 0.3) is 0 Å². The van der Waals surface area contributed by atoms with Crippen LogP contribution < -0.4 is 11.1 Å². The van der Waals surface area contributed by atoms with E-state index in [1.54, 1.807) is 22.6 Å². The Labute approximate surface area is 163 Å². The number of rotatable bonds is 0. The maximum Gasteiger partial charge on any atom is 0.431 e. The van der Waals surface area contributed by atoms with Crippen molar-refractivity contribution >= 4 is 22.6 Å². The molecule has 0 aromatic carbocycles. The zero-order chi connectivity index (χ0) is 21.3. The fourth-order valence-corrected chi connectivity index (χ4v) is 2.62. The Bertz CT molecular complexity index is 958. The number of hydrogen-bond acceptors (Lipinski definition) is 2. The first-order valence-electron chi connectivity index (χ1n) is 7.25. The number of hydrogen-bond donors (Lipinski definition) is 0. The highest BCUT2D eigenvalue weighted by atomic mass is 127. The van der Waals surface area contributed by atoms with E-state index in [-0.39, 0.29) is 0 Å². The molecule has 150 valence electrons. The van der Waals surface area contributed by atoms with Crippen molar-refractivity contribution in [3.05, 3.63) is 65.0 Å². The standard InChI is InChI=1S/C8H7F3INO.C8H8F3NO/c1-4-3-5(8(9,10)11)13(2)7(14)6(4)12;1-5-3-6(8(9,10)11)12(2)7(13)4-5/h3H,1-2H3;3-4H,1-2H3. The molecular formula is C16H15F6IN2O2. The number of alkyl halides is 6. The van der Waals surface area contributed by atoms with Gasteiger partial charge in [-0.2, -0.15) is 26.3 Å². The molecule has 2 heterocycles. The van der Waals surface area contributed by atoms with E-state index in [0.717, 1.165) is 32.3 Å². The van der Waals surface area contributed by atoms with Crippen LogP contribution in [-0.2, 0) is 26.4 Å². The summed E-state index contributed by atoms with van der Waals surface area (Å²) >= 11 is 1.74. The van der Waals surface area contributed by atoms with E-state index < -0.39 is 34.9 Å². The summed E-state index contributed by atoms with van der Waals surface area (Å²) in [6, 6.07) is 3.08. The zero-order valence-corrected chi connectivity index (χ0v) is 16.7. The van der Waals surface area contributed by atoms with Crippen LogP contribution in [0.2, 0.25) is 0 Å². The Morgan fingerprint density at radius 2 is 1.26 bits per heavy atom. The summed E-state index contributed by atoms with van der Waals surface area (Å²) in [6.45, 7) is 2.94. The smallest absolute Gasteiger partial charge is 0.308 e. The summed E-state index contributed by atoms with van der Waals surface area (Å²) in [5.74, 6) is 0. The van der Waals surface area contributed by atoms with Gasteiger partial charge in [0, 0.05) is 20.2 Å². The Morgan fingerprint density at radius 1 is 0.815 bits per heavy atom. The van der Waals surface area contributed by atoms with Crippen molar-refractivity contribution in [3.63, 3.8) is 0 Å². The number of halogens is 7. The summed E-state index contributed by atoms with van der Waals surface area (Å²) in [7, 11) is 2.22. The minimum atomic E-state index is -4.48. The molecule has 0 fully saturated rings. The number of aromatic nitrogens is 2. The van der Waals surface area contributed by atoms with E-state index in [9.17, 15) is 35.9 Å². The lowest BCUT2D eigenvalue weighted by Gasteiger charge is -2.13. The molecule has 0 radical (unpaired) electrons. The molecule has 2 rings (SSSR count). The van der Waals surface area contributed by atoms with Crippen molar-refractivity contribution in [1.82, 2.24) is 9.13 Å². The lowest BCUT2D eigenvalue weighted by molar-refractivity contribution is -0.144. The van der Waals surface area contributed by atoms with Gasteiger partial charge in [0.2, 0.25) is 0 Å². The normalized spacial score (nSPS) is 11.8. The molecular weight excluding hydrogens is 493 g/mol. The third-order valence-corrected chi connectivity index (χ3v) is 4.85. The molecule has 0 bridgehead atoms. The van der Waals surface area contributed by atoms with Gasteiger partial charge in [0.25, 0.3) is 11.1 Å². The summed E-state index contributed by atoms with van der Waals surface area (Å²) in [4.78, 5) is 22.3. The molecule has 0 aliphatic heterocycles. The molecule has 0 unspecified atom stereocenters. The number of pyridine rings is 2. The maximum absolute atomic E-state index is 12.4. The van der Waals surface area contributed by atoms with E-state index in [1.165, 1.54) is 13.8 Å². The summed E-state index contributed by atoms with van der Waals surface area (Å²) < 4.78 is 75.4. The van der Waals surface area contributed by atoms with Crippen molar-refractivity contribution in [2.45, 2.75) is 26.2 Å². The highest BCUT2D eigenvalue weighted by molar-refractivity contribution is 14.1. The molecule has 0 N–H and O–H groups in total. The number of nitrogens with zero attached hydrogens (tertiary/aromatic N) is 2. The van der Waals surface area contributed by atoms with Crippen LogP contribution in [0, 0.1) is 17.4 Å². The van der Waals surface area contributed by atoms with Crippen molar-refractivity contribution < 1.29 is 26.3 Å². The molecule has 11 heteroatoms. The Kier molecular flexibility index (Phi) is 6.95. The first-order chi connectivity index (χ1) is 12.1. The van der Waals surface area contributed by atoms with Crippen LogP contribution >= 0.6 is 22.6 Å². The van der Waals surface area contributed by atoms with Crippen LogP contribution in [0.15, 0.2) is 27.8 Å². The first-order valence-corrected chi connectivity index (χ1v) is 8.33. The molecule has 0 amide bonds. The predicted octanol–water partition coefficient (Wildman–Crippen LogP) is 4.03. The van der Waals surface area contributed by atoms with Crippen molar-refractivity contribution in [2.75, 3.05) is 0 Å². The van der Waals surface area contributed by atoms with Gasteiger partial charge in [0.05, 0.1) is 3.57 Å². The summed E-state index contributed by atoms with van der Waals surface area (Å²) in [5.41, 5.74) is -2.43. The van der Waals surface area contributed by atoms with Crippen LogP contribution in [0.1, 0.15) is 22.5 Å². The molecule has 0 saturated carbocycles. The topological polar surface area (TPSA) is 44.0 Å². The van der Waals surface area contributed by atoms with Gasteiger partial charge in [0.15, 0.2) is 0 Å². The van der Waals surface area contributed by atoms with Gasteiger partial charge in [-0.25, -0.2) is 0 Å².